The van der Waals surface area contributed by atoms with Crippen LogP contribution in [0.3, 0.4) is 0 Å². The topological polar surface area (TPSA) is 63.1 Å². The van der Waals surface area contributed by atoms with Gasteiger partial charge in [0, 0.05) is 0 Å². The fraction of sp³-hybridized carbons (Fsp3) is 0.250. The minimum Gasteiger partial charge on any atom is -0.406 e. The number of carbonyl (C=O) groups excluding carboxylic acids is 1. The first-order valence-corrected chi connectivity index (χ1v) is 6.72. The van der Waals surface area contributed by atoms with Crippen LogP contribution in [0.4, 0.5) is 13.2 Å². The number of ether oxygens (including phenoxy) is 1. The fourth-order valence-electron chi connectivity index (χ4n) is 1.51. The second-order valence-electron chi connectivity index (χ2n) is 4.05. The maximum atomic E-state index is 12.1. The van der Waals surface area contributed by atoms with E-state index in [0.29, 0.717) is 22.0 Å². The number of hydrogen-bond donors (Lipinski definition) is 1. The van der Waals surface area contributed by atoms with Crippen molar-refractivity contribution < 1.29 is 22.7 Å². The van der Waals surface area contributed by atoms with Gasteiger partial charge in [0.1, 0.15) is 5.75 Å². The van der Waals surface area contributed by atoms with Crippen molar-refractivity contribution in [1.29, 1.82) is 0 Å². The van der Waals surface area contributed by atoms with Gasteiger partial charge in [-0.15, -0.1) is 18.3 Å². The lowest BCUT2D eigenvalue weighted by molar-refractivity contribution is -0.274. The van der Waals surface area contributed by atoms with Crippen molar-refractivity contribution in [2.45, 2.75) is 13.3 Å². The Labute approximate surface area is 122 Å². The lowest BCUT2D eigenvalue weighted by Gasteiger charge is -2.09. The van der Waals surface area contributed by atoms with Crippen molar-refractivity contribution in [3.63, 3.8) is 0 Å². The molecule has 1 amide bonds. The number of thioether (sulfide) groups is 1. The lowest BCUT2D eigenvalue weighted by atomic mass is 10.1. The van der Waals surface area contributed by atoms with Crippen molar-refractivity contribution in [3.05, 3.63) is 29.3 Å². The second kappa shape index (κ2) is 6.17. The summed E-state index contributed by atoms with van der Waals surface area (Å²) in [5.41, 5.74) is 1.16. The highest BCUT2D eigenvalue weighted by Crippen LogP contribution is 2.24. The summed E-state index contributed by atoms with van der Waals surface area (Å²) in [6, 6.07) is 3.90. The van der Waals surface area contributed by atoms with E-state index in [1.54, 1.807) is 6.92 Å². The summed E-state index contributed by atoms with van der Waals surface area (Å²) in [5, 5.41) is 10.5. The Balaban J connectivity index is 2.06. The van der Waals surface area contributed by atoms with Crippen LogP contribution >= 0.6 is 11.8 Å². The van der Waals surface area contributed by atoms with Gasteiger partial charge in [0.05, 0.1) is 12.0 Å². The number of aryl methyl sites for hydroxylation is 1. The summed E-state index contributed by atoms with van der Waals surface area (Å²) in [6.45, 7) is 1.63. The Morgan fingerprint density at radius 1 is 1.43 bits per heavy atom. The summed E-state index contributed by atoms with van der Waals surface area (Å²) < 4.78 is 40.0. The molecule has 0 bridgehead atoms. The number of halogens is 3. The molecule has 0 saturated carbocycles. The second-order valence-corrected chi connectivity index (χ2v) is 5.02. The van der Waals surface area contributed by atoms with Gasteiger partial charge in [-0.1, -0.05) is 11.8 Å². The monoisotopic (exact) mass is 317 g/mol. The molecule has 1 fully saturated rings. The summed E-state index contributed by atoms with van der Waals surface area (Å²) >= 11 is 1.23. The molecular formula is C12H10F3N3O2S. The van der Waals surface area contributed by atoms with Crippen LogP contribution in [0, 0.1) is 6.92 Å². The Morgan fingerprint density at radius 3 is 2.76 bits per heavy atom. The van der Waals surface area contributed by atoms with E-state index in [4.69, 9.17) is 0 Å². The quantitative estimate of drug-likeness (QED) is 0.688. The van der Waals surface area contributed by atoms with Gasteiger partial charge in [0.15, 0.2) is 5.17 Å². The number of amides is 1. The Kier molecular flexibility index (Phi) is 4.51. The van der Waals surface area contributed by atoms with Crippen LogP contribution < -0.4 is 10.1 Å². The van der Waals surface area contributed by atoms with Crippen LogP contribution in [0.2, 0.25) is 0 Å². The number of nitrogens with zero attached hydrogens (tertiary/aromatic N) is 2. The lowest BCUT2D eigenvalue weighted by Crippen LogP contribution is -2.19. The van der Waals surface area contributed by atoms with Crippen molar-refractivity contribution in [2.75, 3.05) is 5.75 Å². The zero-order valence-corrected chi connectivity index (χ0v) is 11.6. The van der Waals surface area contributed by atoms with Crippen LogP contribution in [0.5, 0.6) is 5.75 Å². The fourth-order valence-corrected chi connectivity index (χ4v) is 2.14. The van der Waals surface area contributed by atoms with Gasteiger partial charge >= 0.3 is 6.36 Å². The molecule has 0 spiro atoms. The molecule has 21 heavy (non-hydrogen) atoms. The van der Waals surface area contributed by atoms with Crippen molar-refractivity contribution >= 4 is 29.1 Å². The summed E-state index contributed by atoms with van der Waals surface area (Å²) in [7, 11) is 0. The largest absolute Gasteiger partial charge is 0.573 e. The van der Waals surface area contributed by atoms with Gasteiger partial charge in [-0.05, 0) is 36.2 Å². The molecule has 112 valence electrons. The zero-order chi connectivity index (χ0) is 15.5. The van der Waals surface area contributed by atoms with Crippen molar-refractivity contribution in [2.24, 2.45) is 10.2 Å². The third-order valence-corrected chi connectivity index (χ3v) is 3.27. The zero-order valence-electron chi connectivity index (χ0n) is 10.8. The molecular weight excluding hydrogens is 307 g/mol. The third-order valence-electron chi connectivity index (χ3n) is 2.41. The first-order valence-electron chi connectivity index (χ1n) is 5.73. The smallest absolute Gasteiger partial charge is 0.406 e. The number of benzene rings is 1. The first kappa shape index (κ1) is 15.4. The van der Waals surface area contributed by atoms with Gasteiger partial charge in [0.2, 0.25) is 5.91 Å². The van der Waals surface area contributed by atoms with Gasteiger partial charge in [-0.25, -0.2) is 0 Å². The Hall–Kier alpha value is -2.03. The van der Waals surface area contributed by atoms with Crippen molar-refractivity contribution in [3.8, 4) is 5.75 Å². The Morgan fingerprint density at radius 2 is 2.19 bits per heavy atom. The molecule has 0 aromatic heterocycles. The minimum absolute atomic E-state index is 0.140. The van der Waals surface area contributed by atoms with Crippen LogP contribution in [0.25, 0.3) is 0 Å². The highest BCUT2D eigenvalue weighted by molar-refractivity contribution is 8.15. The van der Waals surface area contributed by atoms with E-state index < -0.39 is 6.36 Å². The minimum atomic E-state index is -4.72. The predicted molar refractivity (Wildman–Crippen MR) is 73.5 cm³/mol. The molecule has 1 aromatic carbocycles. The van der Waals surface area contributed by atoms with Crippen LogP contribution in [0.15, 0.2) is 28.4 Å². The average molecular weight is 317 g/mol. The summed E-state index contributed by atoms with van der Waals surface area (Å²) in [4.78, 5) is 10.9. The normalized spacial score (nSPS) is 17.5. The standard InChI is InChI=1S/C12H10F3N3O2S/c1-7-4-9(20-12(13,14)15)3-2-8(7)5-16-18-11-17-10(19)6-21-11/h2-5H,6H2,1H3,(H,17,18,19). The molecule has 1 aromatic rings. The number of carbonyl (C=O) groups is 1. The van der Waals surface area contributed by atoms with E-state index in [1.165, 1.54) is 36.2 Å². The van der Waals surface area contributed by atoms with Gasteiger partial charge in [-0.3, -0.25) is 4.79 Å². The highest BCUT2D eigenvalue weighted by Gasteiger charge is 2.31. The molecule has 2 rings (SSSR count). The molecule has 0 radical (unpaired) electrons. The first-order chi connectivity index (χ1) is 9.83. The molecule has 1 saturated heterocycles. The SMILES string of the molecule is Cc1cc(OC(F)(F)F)ccc1C=NN=C1NC(=O)CS1. The molecule has 1 aliphatic rings. The number of nitrogens with one attached hydrogen (secondary N) is 1. The van der Waals surface area contributed by atoms with Gasteiger partial charge in [0.25, 0.3) is 0 Å². The van der Waals surface area contributed by atoms with E-state index >= 15 is 0 Å². The molecule has 0 aliphatic carbocycles. The van der Waals surface area contributed by atoms with E-state index in [2.05, 4.69) is 20.3 Å². The third kappa shape index (κ3) is 4.78. The van der Waals surface area contributed by atoms with Crippen LogP contribution in [-0.2, 0) is 4.79 Å². The highest BCUT2D eigenvalue weighted by atomic mass is 32.2. The summed E-state index contributed by atoms with van der Waals surface area (Å²) in [6.07, 6.45) is -3.32. The molecule has 1 heterocycles. The number of rotatable bonds is 3. The van der Waals surface area contributed by atoms with Crippen molar-refractivity contribution in [1.82, 2.24) is 5.32 Å². The number of hydrogen-bond acceptors (Lipinski definition) is 5. The molecule has 1 N–H and O–H groups in total. The molecule has 0 atom stereocenters. The number of alkyl halides is 3. The van der Waals surface area contributed by atoms with E-state index in [0.717, 1.165) is 0 Å². The molecule has 5 nitrogen and oxygen atoms in total. The maximum absolute atomic E-state index is 12.1. The molecule has 0 unspecified atom stereocenters. The molecule has 1 aliphatic heterocycles. The van der Waals surface area contributed by atoms with E-state index in [-0.39, 0.29) is 11.7 Å². The van der Waals surface area contributed by atoms with Crippen LogP contribution in [0.1, 0.15) is 11.1 Å². The maximum Gasteiger partial charge on any atom is 0.573 e. The van der Waals surface area contributed by atoms with E-state index in [9.17, 15) is 18.0 Å². The van der Waals surface area contributed by atoms with Gasteiger partial charge < -0.3 is 10.1 Å². The molecule has 9 heteroatoms. The predicted octanol–water partition coefficient (Wildman–Crippen LogP) is 2.45. The summed E-state index contributed by atoms with van der Waals surface area (Å²) in [5.74, 6) is -0.127. The van der Waals surface area contributed by atoms with Gasteiger partial charge in [-0.2, -0.15) is 5.10 Å². The van der Waals surface area contributed by atoms with E-state index in [1.807, 2.05) is 0 Å². The average Bonchev–Trinajstić information content (AvgIpc) is 2.76. The van der Waals surface area contributed by atoms with Crippen LogP contribution in [-0.4, -0.2) is 29.4 Å². The Bertz CT molecular complexity index is 614. The number of amidine groups is 1.